The van der Waals surface area contributed by atoms with Crippen LogP contribution in [0.1, 0.15) is 258 Å². The number of rotatable bonds is 42. The van der Waals surface area contributed by atoms with Crippen molar-refractivity contribution in [2.24, 2.45) is 5.92 Å². The number of hydrogen-bond acceptors (Lipinski definition) is 2. The monoisotopic (exact) mass is 713 g/mol. The maximum atomic E-state index is 12.0. The van der Waals surface area contributed by atoms with E-state index < -0.39 is 0 Å². The molecule has 0 bridgehead atoms. The summed E-state index contributed by atoms with van der Waals surface area (Å²) in [6.07, 6.45) is 62.6. The normalized spacial score (nSPS) is 12.6. The van der Waals surface area contributed by atoms with Crippen molar-refractivity contribution in [3.63, 3.8) is 0 Å². The van der Waals surface area contributed by atoms with Crippen LogP contribution in [0.4, 0.5) is 0 Å². The van der Waals surface area contributed by atoms with Crippen LogP contribution in [-0.2, 0) is 9.53 Å². The Bertz CT molecular complexity index is 749. The lowest BCUT2D eigenvalue weighted by atomic mass is 9.99. The van der Waals surface area contributed by atoms with Crippen molar-refractivity contribution in [3.05, 3.63) is 36.5 Å². The Morgan fingerprint density at radius 3 is 1.22 bits per heavy atom. The van der Waals surface area contributed by atoms with E-state index in [0.29, 0.717) is 13.0 Å². The van der Waals surface area contributed by atoms with Gasteiger partial charge in [-0.1, -0.05) is 243 Å². The summed E-state index contributed by atoms with van der Waals surface area (Å²) in [7, 11) is 0. The van der Waals surface area contributed by atoms with E-state index in [1.165, 1.54) is 193 Å². The number of carbonyl (C=O) groups excluding carboxylic acids is 1. The number of ether oxygens (including phenoxy) is 1. The van der Waals surface area contributed by atoms with Crippen LogP contribution in [0.3, 0.4) is 0 Å². The molecule has 0 aromatic carbocycles. The van der Waals surface area contributed by atoms with Crippen LogP contribution < -0.4 is 0 Å². The molecule has 0 amide bonds. The first-order valence-corrected chi connectivity index (χ1v) is 23.3. The summed E-state index contributed by atoms with van der Waals surface area (Å²) >= 11 is 0. The quantitative estimate of drug-likeness (QED) is 0.0358. The fourth-order valence-corrected chi connectivity index (χ4v) is 7.01. The average Bonchev–Trinajstić information content (AvgIpc) is 3.14. The number of allylic oxidation sites excluding steroid dienone is 6. The first-order valence-electron chi connectivity index (χ1n) is 23.3. The molecule has 0 aromatic heterocycles. The highest BCUT2D eigenvalue weighted by molar-refractivity contribution is 5.69. The van der Waals surface area contributed by atoms with E-state index in [-0.39, 0.29) is 5.97 Å². The Morgan fingerprint density at radius 2 is 0.784 bits per heavy atom. The molecule has 0 aliphatic carbocycles. The highest BCUT2D eigenvalue weighted by Gasteiger charge is 2.03. The van der Waals surface area contributed by atoms with Crippen LogP contribution >= 0.6 is 0 Å². The van der Waals surface area contributed by atoms with E-state index in [1.807, 2.05) is 0 Å². The maximum Gasteiger partial charge on any atom is 0.305 e. The van der Waals surface area contributed by atoms with Crippen molar-refractivity contribution >= 4 is 5.97 Å². The minimum atomic E-state index is 0.0102. The Kier molecular flexibility index (Phi) is 43.7. The van der Waals surface area contributed by atoms with Gasteiger partial charge >= 0.3 is 5.97 Å². The van der Waals surface area contributed by atoms with Crippen LogP contribution in [0.5, 0.6) is 0 Å². The standard InChI is InChI=1S/C49H92O2/c1-4-6-7-8-9-10-11-12-24-28-31-34-37-40-43-46-49(50)51-47-44-41-38-35-32-29-26-23-21-19-17-15-13-14-16-18-20-22-25-27-30-33-36-39-42-45-48(3)5-2/h6-7,9-10,12,24,48H,4-5,8,11,13-23,25-47H2,1-3H3/b7-6-,10-9-,24-12-. The van der Waals surface area contributed by atoms with E-state index >= 15 is 0 Å². The smallest absolute Gasteiger partial charge is 0.305 e. The highest BCUT2D eigenvalue weighted by Crippen LogP contribution is 2.17. The van der Waals surface area contributed by atoms with Crippen LogP contribution in [-0.4, -0.2) is 12.6 Å². The summed E-state index contributed by atoms with van der Waals surface area (Å²) in [5.41, 5.74) is 0. The summed E-state index contributed by atoms with van der Waals surface area (Å²) in [6, 6.07) is 0. The molecule has 0 saturated heterocycles. The predicted octanol–water partition coefficient (Wildman–Crippen LogP) is 17.3. The molecule has 0 spiro atoms. The average molecular weight is 713 g/mol. The summed E-state index contributed by atoms with van der Waals surface area (Å²) in [5, 5.41) is 0. The van der Waals surface area contributed by atoms with Gasteiger partial charge in [0.2, 0.25) is 0 Å². The predicted molar refractivity (Wildman–Crippen MR) is 230 cm³/mol. The van der Waals surface area contributed by atoms with E-state index in [0.717, 1.165) is 44.4 Å². The van der Waals surface area contributed by atoms with E-state index in [2.05, 4.69) is 57.2 Å². The minimum Gasteiger partial charge on any atom is -0.466 e. The molecule has 2 heteroatoms. The van der Waals surface area contributed by atoms with Gasteiger partial charge in [-0.05, 0) is 50.9 Å². The molecular formula is C49H92O2. The lowest BCUT2D eigenvalue weighted by Gasteiger charge is -2.07. The SMILES string of the molecule is CC/C=C\C/C=C\C/C=C\CCCCCCCC(=O)OCCCCCCCCCCCCCCCCCCCCCCCCCCCC(C)CC. The Morgan fingerprint density at radius 1 is 0.431 bits per heavy atom. The first-order chi connectivity index (χ1) is 25.2. The van der Waals surface area contributed by atoms with Crippen molar-refractivity contribution < 1.29 is 9.53 Å². The third-order valence-corrected chi connectivity index (χ3v) is 10.8. The summed E-state index contributed by atoms with van der Waals surface area (Å²) < 4.78 is 5.46. The zero-order valence-corrected chi connectivity index (χ0v) is 35.2. The fourth-order valence-electron chi connectivity index (χ4n) is 7.01. The summed E-state index contributed by atoms with van der Waals surface area (Å²) in [6.45, 7) is 7.51. The van der Waals surface area contributed by atoms with Crippen LogP contribution in [0.15, 0.2) is 36.5 Å². The van der Waals surface area contributed by atoms with Gasteiger partial charge in [0.1, 0.15) is 0 Å². The fraction of sp³-hybridized carbons (Fsp3) is 0.857. The van der Waals surface area contributed by atoms with Crippen LogP contribution in [0.2, 0.25) is 0 Å². The minimum absolute atomic E-state index is 0.0102. The molecule has 2 nitrogen and oxygen atoms in total. The zero-order chi connectivity index (χ0) is 37.0. The van der Waals surface area contributed by atoms with Crippen molar-refractivity contribution in [1.82, 2.24) is 0 Å². The van der Waals surface area contributed by atoms with Crippen molar-refractivity contribution in [1.29, 1.82) is 0 Å². The first kappa shape index (κ1) is 49.7. The third kappa shape index (κ3) is 44.8. The molecule has 1 atom stereocenters. The number of hydrogen-bond donors (Lipinski definition) is 0. The highest BCUT2D eigenvalue weighted by atomic mass is 16.5. The molecule has 0 heterocycles. The number of unbranched alkanes of at least 4 members (excludes halogenated alkanes) is 29. The molecule has 1 unspecified atom stereocenters. The Labute approximate surface area is 321 Å². The van der Waals surface area contributed by atoms with Gasteiger partial charge in [-0.2, -0.15) is 0 Å². The van der Waals surface area contributed by atoms with E-state index in [1.54, 1.807) is 0 Å². The largest absolute Gasteiger partial charge is 0.466 e. The molecular weight excluding hydrogens is 621 g/mol. The van der Waals surface area contributed by atoms with Crippen LogP contribution in [0, 0.1) is 5.92 Å². The van der Waals surface area contributed by atoms with Gasteiger partial charge in [0.25, 0.3) is 0 Å². The van der Waals surface area contributed by atoms with Gasteiger partial charge in [-0.3, -0.25) is 4.79 Å². The summed E-state index contributed by atoms with van der Waals surface area (Å²) in [5.74, 6) is 0.947. The second kappa shape index (κ2) is 44.8. The number of esters is 1. The van der Waals surface area contributed by atoms with Gasteiger partial charge in [0, 0.05) is 6.42 Å². The van der Waals surface area contributed by atoms with Gasteiger partial charge in [-0.15, -0.1) is 0 Å². The molecule has 51 heavy (non-hydrogen) atoms. The Balaban J connectivity index is 3.19. The van der Waals surface area contributed by atoms with Gasteiger partial charge in [0.05, 0.1) is 6.61 Å². The summed E-state index contributed by atoms with van der Waals surface area (Å²) in [4.78, 5) is 12.0. The topological polar surface area (TPSA) is 26.3 Å². The van der Waals surface area contributed by atoms with Crippen molar-refractivity contribution in [2.75, 3.05) is 6.61 Å². The lowest BCUT2D eigenvalue weighted by molar-refractivity contribution is -0.143. The second-order valence-corrected chi connectivity index (χ2v) is 16.0. The molecule has 0 fully saturated rings. The van der Waals surface area contributed by atoms with Crippen molar-refractivity contribution in [2.45, 2.75) is 258 Å². The van der Waals surface area contributed by atoms with Gasteiger partial charge in [-0.25, -0.2) is 0 Å². The molecule has 0 aliphatic rings. The third-order valence-electron chi connectivity index (χ3n) is 10.8. The van der Waals surface area contributed by atoms with Crippen LogP contribution in [0.25, 0.3) is 0 Å². The van der Waals surface area contributed by atoms with E-state index in [4.69, 9.17) is 4.74 Å². The molecule has 0 aromatic rings. The van der Waals surface area contributed by atoms with Crippen molar-refractivity contribution in [3.8, 4) is 0 Å². The van der Waals surface area contributed by atoms with E-state index in [9.17, 15) is 4.79 Å². The molecule has 300 valence electrons. The van der Waals surface area contributed by atoms with Gasteiger partial charge in [0.15, 0.2) is 0 Å². The molecule has 0 N–H and O–H groups in total. The molecule has 0 rings (SSSR count). The maximum absolute atomic E-state index is 12.0. The molecule has 0 radical (unpaired) electrons. The zero-order valence-electron chi connectivity index (χ0n) is 35.2. The Hall–Kier alpha value is -1.31. The second-order valence-electron chi connectivity index (χ2n) is 16.0. The lowest BCUT2D eigenvalue weighted by Crippen LogP contribution is -2.05. The number of carbonyl (C=O) groups is 1. The molecule has 0 aliphatic heterocycles. The molecule has 0 saturated carbocycles. The van der Waals surface area contributed by atoms with Gasteiger partial charge < -0.3 is 4.74 Å².